The van der Waals surface area contributed by atoms with Crippen LogP contribution in [-0.4, -0.2) is 33.9 Å². The fourth-order valence-electron chi connectivity index (χ4n) is 2.01. The maximum atomic E-state index is 12.0. The summed E-state index contributed by atoms with van der Waals surface area (Å²) >= 11 is 0. The highest BCUT2D eigenvalue weighted by Crippen LogP contribution is 2.30. The molecule has 0 aliphatic rings. The molecule has 2 aromatic heterocycles. The molecular weight excluding hydrogens is 258 g/mol. The lowest BCUT2D eigenvalue weighted by Crippen LogP contribution is -2.10. The van der Waals surface area contributed by atoms with Crippen LogP contribution in [0.4, 0.5) is 0 Å². The first kappa shape index (κ1) is 14.3. The molecule has 0 aromatic carbocycles. The van der Waals surface area contributed by atoms with Gasteiger partial charge >= 0.3 is 5.97 Å². The van der Waals surface area contributed by atoms with E-state index < -0.39 is 5.97 Å². The van der Waals surface area contributed by atoms with E-state index in [1.165, 1.54) is 6.20 Å². The minimum Gasteiger partial charge on any atom is -0.492 e. The van der Waals surface area contributed by atoms with Gasteiger partial charge in [-0.15, -0.1) is 0 Å². The molecule has 0 saturated heterocycles. The van der Waals surface area contributed by atoms with E-state index in [0.717, 1.165) is 5.39 Å². The van der Waals surface area contributed by atoms with Crippen LogP contribution >= 0.6 is 0 Å². The van der Waals surface area contributed by atoms with E-state index in [1.54, 1.807) is 17.8 Å². The van der Waals surface area contributed by atoms with Crippen molar-refractivity contribution in [2.45, 2.75) is 33.7 Å². The molecule has 20 heavy (non-hydrogen) atoms. The van der Waals surface area contributed by atoms with Gasteiger partial charge in [0.2, 0.25) is 0 Å². The third-order valence-corrected chi connectivity index (χ3v) is 2.85. The molecule has 0 radical (unpaired) electrons. The number of ether oxygens (including phenoxy) is 2. The number of esters is 1. The van der Waals surface area contributed by atoms with Crippen LogP contribution in [0.1, 0.15) is 44.1 Å². The lowest BCUT2D eigenvalue weighted by atomic mass is 10.2. The Kier molecular flexibility index (Phi) is 4.22. The van der Waals surface area contributed by atoms with Gasteiger partial charge < -0.3 is 9.47 Å². The van der Waals surface area contributed by atoms with Crippen LogP contribution in [0.25, 0.3) is 11.0 Å². The average Bonchev–Trinajstić information content (AvgIpc) is 2.83. The predicted molar refractivity (Wildman–Crippen MR) is 75.0 cm³/mol. The molecule has 2 rings (SSSR count). The van der Waals surface area contributed by atoms with Crippen molar-refractivity contribution in [2.24, 2.45) is 0 Å². The van der Waals surface area contributed by atoms with Gasteiger partial charge in [0.1, 0.15) is 11.3 Å². The SMILES string of the molecule is CCOC(=O)c1cnc2c(cnn2C(C)C)c1OCC. The maximum absolute atomic E-state index is 12.0. The third kappa shape index (κ3) is 2.45. The van der Waals surface area contributed by atoms with Gasteiger partial charge in [-0.1, -0.05) is 0 Å². The number of hydrogen-bond acceptors (Lipinski definition) is 5. The van der Waals surface area contributed by atoms with Crippen LogP contribution in [0.5, 0.6) is 5.75 Å². The number of carbonyl (C=O) groups is 1. The summed E-state index contributed by atoms with van der Waals surface area (Å²) in [6.45, 7) is 8.45. The fourth-order valence-corrected chi connectivity index (χ4v) is 2.01. The van der Waals surface area contributed by atoms with Crippen molar-refractivity contribution < 1.29 is 14.3 Å². The Bertz CT molecular complexity index is 619. The van der Waals surface area contributed by atoms with E-state index >= 15 is 0 Å². The van der Waals surface area contributed by atoms with Gasteiger partial charge in [-0.05, 0) is 27.7 Å². The summed E-state index contributed by atoms with van der Waals surface area (Å²) in [5, 5.41) is 5.03. The van der Waals surface area contributed by atoms with Crippen molar-refractivity contribution in [3.05, 3.63) is 18.0 Å². The number of aromatic nitrogens is 3. The summed E-state index contributed by atoms with van der Waals surface area (Å²) in [5.41, 5.74) is 1.04. The predicted octanol–water partition coefficient (Wildman–Crippen LogP) is 2.59. The summed E-state index contributed by atoms with van der Waals surface area (Å²) in [6.07, 6.45) is 3.17. The van der Waals surface area contributed by atoms with Crippen molar-refractivity contribution in [3.63, 3.8) is 0 Å². The van der Waals surface area contributed by atoms with Crippen molar-refractivity contribution >= 4 is 17.0 Å². The minimum atomic E-state index is -0.428. The molecule has 0 N–H and O–H groups in total. The monoisotopic (exact) mass is 277 g/mol. The lowest BCUT2D eigenvalue weighted by Gasteiger charge is -2.11. The van der Waals surface area contributed by atoms with Gasteiger partial charge in [0.25, 0.3) is 0 Å². The molecular formula is C14H19N3O3. The van der Waals surface area contributed by atoms with E-state index in [0.29, 0.717) is 30.2 Å². The van der Waals surface area contributed by atoms with E-state index in [-0.39, 0.29) is 6.04 Å². The molecule has 0 aliphatic carbocycles. The third-order valence-electron chi connectivity index (χ3n) is 2.85. The van der Waals surface area contributed by atoms with Crippen molar-refractivity contribution in [2.75, 3.05) is 13.2 Å². The van der Waals surface area contributed by atoms with Crippen LogP contribution in [0.3, 0.4) is 0 Å². The van der Waals surface area contributed by atoms with Gasteiger partial charge in [-0.2, -0.15) is 5.10 Å². The zero-order valence-electron chi connectivity index (χ0n) is 12.2. The standard InChI is InChI=1S/C14H19N3O3/c1-5-19-12-10-8-16-17(9(3)4)13(10)15-7-11(12)14(18)20-6-2/h7-9H,5-6H2,1-4H3. The van der Waals surface area contributed by atoms with Crippen LogP contribution < -0.4 is 4.74 Å². The van der Waals surface area contributed by atoms with Crippen LogP contribution in [0.2, 0.25) is 0 Å². The molecule has 0 aliphatic heterocycles. The second-order valence-corrected chi connectivity index (χ2v) is 4.57. The normalized spacial score (nSPS) is 11.1. The van der Waals surface area contributed by atoms with Crippen LogP contribution in [-0.2, 0) is 4.74 Å². The summed E-state index contributed by atoms with van der Waals surface area (Å²) in [6, 6.07) is 0.183. The number of pyridine rings is 1. The van der Waals surface area contributed by atoms with Crippen molar-refractivity contribution in [1.82, 2.24) is 14.8 Å². The Morgan fingerprint density at radius 3 is 2.65 bits per heavy atom. The number of rotatable bonds is 5. The van der Waals surface area contributed by atoms with Gasteiger partial charge in [0.15, 0.2) is 5.65 Å². The molecule has 0 atom stereocenters. The largest absolute Gasteiger partial charge is 0.492 e. The fraction of sp³-hybridized carbons (Fsp3) is 0.500. The van der Waals surface area contributed by atoms with E-state index in [4.69, 9.17) is 9.47 Å². The van der Waals surface area contributed by atoms with Gasteiger partial charge in [-0.3, -0.25) is 0 Å². The van der Waals surface area contributed by atoms with E-state index in [1.807, 2.05) is 20.8 Å². The van der Waals surface area contributed by atoms with Gasteiger partial charge in [-0.25, -0.2) is 14.5 Å². The smallest absolute Gasteiger partial charge is 0.343 e. The highest BCUT2D eigenvalue weighted by atomic mass is 16.5. The van der Waals surface area contributed by atoms with E-state index in [2.05, 4.69) is 10.1 Å². The van der Waals surface area contributed by atoms with E-state index in [9.17, 15) is 4.79 Å². The summed E-state index contributed by atoms with van der Waals surface area (Å²) in [7, 11) is 0. The first-order valence-electron chi connectivity index (χ1n) is 6.76. The number of nitrogens with zero attached hydrogens (tertiary/aromatic N) is 3. The Hall–Kier alpha value is -2.11. The topological polar surface area (TPSA) is 66.2 Å². The Morgan fingerprint density at radius 1 is 1.30 bits per heavy atom. The lowest BCUT2D eigenvalue weighted by molar-refractivity contribution is 0.0522. The molecule has 2 heterocycles. The quantitative estimate of drug-likeness (QED) is 0.786. The number of hydrogen-bond donors (Lipinski definition) is 0. The Labute approximate surface area is 117 Å². The van der Waals surface area contributed by atoms with Crippen LogP contribution in [0, 0.1) is 0 Å². The molecule has 108 valence electrons. The first-order valence-corrected chi connectivity index (χ1v) is 6.76. The molecule has 0 unspecified atom stereocenters. The van der Waals surface area contributed by atoms with Crippen molar-refractivity contribution in [3.8, 4) is 5.75 Å². The number of carbonyl (C=O) groups excluding carboxylic acids is 1. The Balaban J connectivity index is 2.60. The molecule has 0 spiro atoms. The highest BCUT2D eigenvalue weighted by Gasteiger charge is 2.20. The minimum absolute atomic E-state index is 0.183. The Morgan fingerprint density at radius 2 is 2.05 bits per heavy atom. The van der Waals surface area contributed by atoms with Crippen molar-refractivity contribution in [1.29, 1.82) is 0 Å². The van der Waals surface area contributed by atoms with Gasteiger partial charge in [0, 0.05) is 12.2 Å². The van der Waals surface area contributed by atoms with Crippen LogP contribution in [0.15, 0.2) is 12.4 Å². The molecule has 6 heteroatoms. The zero-order chi connectivity index (χ0) is 14.7. The van der Waals surface area contributed by atoms with Gasteiger partial charge in [0.05, 0.1) is 24.8 Å². The summed E-state index contributed by atoms with van der Waals surface area (Å²) < 4.78 is 12.4. The molecule has 0 bridgehead atoms. The maximum Gasteiger partial charge on any atom is 0.343 e. The first-order chi connectivity index (χ1) is 9.60. The molecule has 2 aromatic rings. The second kappa shape index (κ2) is 5.90. The number of fused-ring (bicyclic) bond motifs is 1. The molecule has 6 nitrogen and oxygen atoms in total. The second-order valence-electron chi connectivity index (χ2n) is 4.57. The highest BCUT2D eigenvalue weighted by molar-refractivity contribution is 5.98. The average molecular weight is 277 g/mol. The zero-order valence-corrected chi connectivity index (χ0v) is 12.2. The molecule has 0 saturated carbocycles. The molecule has 0 fully saturated rings. The molecule has 0 amide bonds. The summed E-state index contributed by atoms with van der Waals surface area (Å²) in [5.74, 6) is 0.0606. The summed E-state index contributed by atoms with van der Waals surface area (Å²) in [4.78, 5) is 16.3.